The van der Waals surface area contributed by atoms with Crippen molar-refractivity contribution in [3.63, 3.8) is 0 Å². The fourth-order valence-electron chi connectivity index (χ4n) is 3.59. The minimum absolute atomic E-state index is 0.185. The van der Waals surface area contributed by atoms with Crippen molar-refractivity contribution >= 4 is 16.8 Å². The van der Waals surface area contributed by atoms with Crippen LogP contribution in [0.25, 0.3) is 22.2 Å². The minimum atomic E-state index is -4.41. The maximum Gasteiger partial charge on any atom is 0.416 e. The third kappa shape index (κ3) is 4.82. The summed E-state index contributed by atoms with van der Waals surface area (Å²) in [6.45, 7) is 1.90. The molecule has 0 aliphatic heterocycles. The second-order valence-corrected chi connectivity index (χ2v) is 7.62. The van der Waals surface area contributed by atoms with Gasteiger partial charge < -0.3 is 10.1 Å². The summed E-state index contributed by atoms with van der Waals surface area (Å²) in [5.74, 6) is 0.258. The molecule has 1 heterocycles. The molecule has 4 rings (SSSR count). The van der Waals surface area contributed by atoms with Crippen molar-refractivity contribution < 1.29 is 22.7 Å². The molecule has 1 atom stereocenters. The number of fused-ring (bicyclic) bond motifs is 1. The van der Waals surface area contributed by atoms with Gasteiger partial charge in [-0.15, -0.1) is 0 Å². The highest BCUT2D eigenvalue weighted by Gasteiger charge is 2.30. The van der Waals surface area contributed by atoms with Crippen molar-refractivity contribution in [2.24, 2.45) is 0 Å². The van der Waals surface area contributed by atoms with Crippen LogP contribution in [0.15, 0.2) is 78.9 Å². The standard InChI is InChI=1S/C26H21F3N2O2/c1-16(17-6-4-3-5-7-17)30-25(32)19-10-13-21-23(14-19)31-22(15-24(21)33-2)18-8-11-20(12-9-18)26(27,28)29/h3-16H,1-2H3,(H,30,32)/t16-/m0/s1. The molecule has 0 bridgehead atoms. The number of nitrogens with one attached hydrogen (secondary N) is 1. The lowest BCUT2D eigenvalue weighted by Gasteiger charge is -2.15. The molecule has 0 aliphatic carbocycles. The summed E-state index contributed by atoms with van der Waals surface area (Å²) in [6, 6.07) is 21.0. The molecular weight excluding hydrogens is 429 g/mol. The van der Waals surface area contributed by atoms with Crippen LogP contribution in [-0.2, 0) is 6.18 Å². The second kappa shape index (κ2) is 8.94. The van der Waals surface area contributed by atoms with E-state index in [0.717, 1.165) is 17.7 Å². The Morgan fingerprint density at radius 2 is 1.67 bits per heavy atom. The first-order valence-corrected chi connectivity index (χ1v) is 10.3. The number of hydrogen-bond acceptors (Lipinski definition) is 3. The van der Waals surface area contributed by atoms with E-state index in [9.17, 15) is 18.0 Å². The fourth-order valence-corrected chi connectivity index (χ4v) is 3.59. The Morgan fingerprint density at radius 3 is 2.30 bits per heavy atom. The van der Waals surface area contributed by atoms with E-state index in [4.69, 9.17) is 4.74 Å². The van der Waals surface area contributed by atoms with Crippen molar-refractivity contribution in [1.29, 1.82) is 0 Å². The zero-order valence-electron chi connectivity index (χ0n) is 18.0. The maximum absolute atomic E-state index is 12.9. The molecule has 1 amide bonds. The van der Waals surface area contributed by atoms with Crippen LogP contribution in [0.1, 0.15) is 34.5 Å². The van der Waals surface area contributed by atoms with Gasteiger partial charge in [0, 0.05) is 22.6 Å². The molecule has 7 heteroatoms. The van der Waals surface area contributed by atoms with E-state index in [2.05, 4.69) is 10.3 Å². The first kappa shape index (κ1) is 22.3. The van der Waals surface area contributed by atoms with Gasteiger partial charge in [0.05, 0.1) is 29.9 Å². The lowest BCUT2D eigenvalue weighted by molar-refractivity contribution is -0.137. The quantitative estimate of drug-likeness (QED) is 0.382. The number of benzene rings is 3. The number of halogens is 3. The number of carbonyl (C=O) groups excluding carboxylic acids is 1. The second-order valence-electron chi connectivity index (χ2n) is 7.62. The molecular formula is C26H21F3N2O2. The molecule has 4 nitrogen and oxygen atoms in total. The summed E-state index contributed by atoms with van der Waals surface area (Å²) < 4.78 is 44.2. The number of methoxy groups -OCH3 is 1. The largest absolute Gasteiger partial charge is 0.496 e. The molecule has 0 unspecified atom stereocenters. The molecule has 3 aromatic carbocycles. The van der Waals surface area contributed by atoms with Gasteiger partial charge in [0.1, 0.15) is 5.75 Å². The topological polar surface area (TPSA) is 51.2 Å². The van der Waals surface area contributed by atoms with E-state index >= 15 is 0 Å². The molecule has 4 aromatic rings. The number of pyridine rings is 1. The normalized spacial score (nSPS) is 12.4. The number of rotatable bonds is 5. The molecule has 168 valence electrons. The summed E-state index contributed by atoms with van der Waals surface area (Å²) >= 11 is 0. The Kier molecular flexibility index (Phi) is 6.05. The van der Waals surface area contributed by atoms with E-state index in [0.29, 0.717) is 33.5 Å². The molecule has 0 spiro atoms. The van der Waals surface area contributed by atoms with E-state index in [1.165, 1.54) is 19.2 Å². The highest BCUT2D eigenvalue weighted by molar-refractivity contribution is 5.99. The molecule has 33 heavy (non-hydrogen) atoms. The zero-order chi connectivity index (χ0) is 23.6. The Bertz CT molecular complexity index is 1290. The fraction of sp³-hybridized carbons (Fsp3) is 0.154. The van der Waals surface area contributed by atoms with Crippen LogP contribution in [0, 0.1) is 0 Å². The smallest absolute Gasteiger partial charge is 0.416 e. The third-order valence-corrected chi connectivity index (χ3v) is 5.41. The summed E-state index contributed by atoms with van der Waals surface area (Å²) in [7, 11) is 1.51. The van der Waals surface area contributed by atoms with Crippen LogP contribution in [0.2, 0.25) is 0 Å². The summed E-state index contributed by atoms with van der Waals surface area (Å²) in [5.41, 5.74) is 2.13. The van der Waals surface area contributed by atoms with Gasteiger partial charge in [0.2, 0.25) is 0 Å². The number of ether oxygens (including phenoxy) is 1. The molecule has 0 saturated heterocycles. The van der Waals surface area contributed by atoms with E-state index in [1.807, 2.05) is 37.3 Å². The average Bonchev–Trinajstić information content (AvgIpc) is 2.83. The van der Waals surface area contributed by atoms with Crippen molar-refractivity contribution in [2.75, 3.05) is 7.11 Å². The number of aromatic nitrogens is 1. The highest BCUT2D eigenvalue weighted by atomic mass is 19.4. The van der Waals surface area contributed by atoms with E-state index in [-0.39, 0.29) is 11.9 Å². The van der Waals surface area contributed by atoms with Crippen molar-refractivity contribution in [1.82, 2.24) is 10.3 Å². The van der Waals surface area contributed by atoms with Crippen molar-refractivity contribution in [3.8, 4) is 17.0 Å². The molecule has 1 N–H and O–H groups in total. The van der Waals surface area contributed by atoms with Crippen LogP contribution >= 0.6 is 0 Å². The Morgan fingerprint density at radius 1 is 0.970 bits per heavy atom. The molecule has 0 radical (unpaired) electrons. The monoisotopic (exact) mass is 450 g/mol. The van der Waals surface area contributed by atoms with Gasteiger partial charge in [-0.25, -0.2) is 4.98 Å². The Balaban J connectivity index is 1.67. The van der Waals surface area contributed by atoms with Crippen molar-refractivity contribution in [2.45, 2.75) is 19.1 Å². The Hall–Kier alpha value is -3.87. The summed E-state index contributed by atoms with van der Waals surface area (Å²) in [5, 5.41) is 3.66. The number of carbonyl (C=O) groups is 1. The van der Waals surface area contributed by atoms with Crippen LogP contribution < -0.4 is 10.1 Å². The van der Waals surface area contributed by atoms with Crippen LogP contribution in [0.4, 0.5) is 13.2 Å². The molecule has 0 fully saturated rings. The predicted octanol–water partition coefficient (Wildman–Crippen LogP) is 6.42. The maximum atomic E-state index is 12.9. The van der Waals surface area contributed by atoms with Gasteiger partial charge in [-0.3, -0.25) is 4.79 Å². The van der Waals surface area contributed by atoms with Crippen LogP contribution in [-0.4, -0.2) is 18.0 Å². The molecule has 0 saturated carbocycles. The average molecular weight is 450 g/mol. The third-order valence-electron chi connectivity index (χ3n) is 5.41. The van der Waals surface area contributed by atoms with Crippen LogP contribution in [0.3, 0.4) is 0 Å². The van der Waals surface area contributed by atoms with Gasteiger partial charge in [-0.2, -0.15) is 13.2 Å². The number of alkyl halides is 3. The summed E-state index contributed by atoms with van der Waals surface area (Å²) in [4.78, 5) is 17.4. The van der Waals surface area contributed by atoms with Gasteiger partial charge in [0.15, 0.2) is 0 Å². The van der Waals surface area contributed by atoms with E-state index < -0.39 is 11.7 Å². The molecule has 0 aliphatic rings. The predicted molar refractivity (Wildman–Crippen MR) is 121 cm³/mol. The lowest BCUT2D eigenvalue weighted by atomic mass is 10.0. The first-order chi connectivity index (χ1) is 15.8. The van der Waals surface area contributed by atoms with Gasteiger partial charge in [0.25, 0.3) is 5.91 Å². The summed E-state index contributed by atoms with van der Waals surface area (Å²) in [6.07, 6.45) is -4.41. The number of amides is 1. The molecule has 1 aromatic heterocycles. The highest BCUT2D eigenvalue weighted by Crippen LogP contribution is 2.33. The minimum Gasteiger partial charge on any atom is -0.496 e. The van der Waals surface area contributed by atoms with Crippen LogP contribution in [0.5, 0.6) is 5.75 Å². The van der Waals surface area contributed by atoms with Crippen molar-refractivity contribution in [3.05, 3.63) is 95.6 Å². The number of nitrogens with zero attached hydrogens (tertiary/aromatic N) is 1. The first-order valence-electron chi connectivity index (χ1n) is 10.3. The zero-order valence-corrected chi connectivity index (χ0v) is 18.0. The van der Waals surface area contributed by atoms with Gasteiger partial charge in [-0.05, 0) is 42.8 Å². The number of hydrogen-bond donors (Lipinski definition) is 1. The van der Waals surface area contributed by atoms with Gasteiger partial charge in [-0.1, -0.05) is 42.5 Å². The van der Waals surface area contributed by atoms with E-state index in [1.54, 1.807) is 24.3 Å². The lowest BCUT2D eigenvalue weighted by Crippen LogP contribution is -2.26. The Labute approximate surface area is 189 Å². The van der Waals surface area contributed by atoms with Gasteiger partial charge >= 0.3 is 6.18 Å². The SMILES string of the molecule is COc1cc(-c2ccc(C(F)(F)F)cc2)nc2cc(C(=O)N[C@@H](C)c3ccccc3)ccc12.